The van der Waals surface area contributed by atoms with E-state index >= 15 is 0 Å². The second kappa shape index (κ2) is 8.55. The van der Waals surface area contributed by atoms with Crippen molar-refractivity contribution in [1.82, 2.24) is 14.5 Å². The first-order chi connectivity index (χ1) is 16.2. The lowest BCUT2D eigenvalue weighted by molar-refractivity contribution is -0.141. The van der Waals surface area contributed by atoms with Gasteiger partial charge in [0.05, 0.1) is 11.4 Å². The van der Waals surface area contributed by atoms with Crippen molar-refractivity contribution in [3.05, 3.63) is 82.4 Å². The Kier molecular flexibility index (Phi) is 5.60. The number of halogens is 3. The van der Waals surface area contributed by atoms with Crippen molar-refractivity contribution in [2.45, 2.75) is 6.18 Å². The maximum atomic E-state index is 13.4. The number of nitrogens with zero attached hydrogens (tertiary/aromatic N) is 4. The number of fused-ring (bicyclic) bond motifs is 1. The molecule has 12 heteroatoms. The Hall–Kier alpha value is -4.92. The molecule has 0 radical (unpaired) electrons. The topological polar surface area (TPSA) is 136 Å². The third-order valence-electron chi connectivity index (χ3n) is 4.65. The summed E-state index contributed by atoms with van der Waals surface area (Å²) >= 11 is 0. The Labute approximate surface area is 188 Å². The monoisotopic (exact) mass is 466 g/mol. The van der Waals surface area contributed by atoms with E-state index in [9.17, 15) is 28.0 Å². The summed E-state index contributed by atoms with van der Waals surface area (Å²) in [4.78, 5) is 31.8. The largest absolute Gasteiger partial charge is 0.433 e. The lowest BCUT2D eigenvalue weighted by atomic mass is 10.1. The fourth-order valence-electron chi connectivity index (χ4n) is 3.26. The Morgan fingerprint density at radius 2 is 1.88 bits per heavy atom. The predicted molar refractivity (Wildman–Crippen MR) is 115 cm³/mol. The van der Waals surface area contributed by atoms with Gasteiger partial charge in [-0.1, -0.05) is 18.2 Å². The molecule has 0 spiro atoms. The highest BCUT2D eigenvalue weighted by Gasteiger charge is 2.33. The van der Waals surface area contributed by atoms with Crippen LogP contribution in [0.1, 0.15) is 11.3 Å². The zero-order valence-electron chi connectivity index (χ0n) is 17.0. The van der Waals surface area contributed by atoms with E-state index in [2.05, 4.69) is 15.3 Å². The number of aromatic nitrogens is 3. The van der Waals surface area contributed by atoms with E-state index < -0.39 is 23.5 Å². The van der Waals surface area contributed by atoms with Crippen LogP contribution in [0.25, 0.3) is 16.7 Å². The number of carbonyl (C=O) groups is 1. The van der Waals surface area contributed by atoms with Crippen molar-refractivity contribution in [1.29, 1.82) is 5.26 Å². The molecule has 0 saturated heterocycles. The van der Waals surface area contributed by atoms with Crippen LogP contribution in [0.2, 0.25) is 0 Å². The first-order valence-electron chi connectivity index (χ1n) is 9.52. The highest BCUT2D eigenvalue weighted by atomic mass is 19.4. The molecule has 3 N–H and O–H groups in total. The number of hydrogen-bond donors (Lipinski definition) is 2. The number of rotatable bonds is 4. The molecule has 34 heavy (non-hydrogen) atoms. The molecular formula is C22H13F3N6O3. The lowest BCUT2D eigenvalue weighted by Gasteiger charge is -2.17. The van der Waals surface area contributed by atoms with Crippen molar-refractivity contribution in [2.75, 3.05) is 5.32 Å². The van der Waals surface area contributed by atoms with Gasteiger partial charge in [0, 0.05) is 23.3 Å². The van der Waals surface area contributed by atoms with E-state index in [4.69, 9.17) is 10.5 Å². The summed E-state index contributed by atoms with van der Waals surface area (Å²) in [6.45, 7) is 0. The summed E-state index contributed by atoms with van der Waals surface area (Å²) in [6, 6.07) is 14.2. The second-order valence-electron chi connectivity index (χ2n) is 6.83. The van der Waals surface area contributed by atoms with Crippen molar-refractivity contribution in [3.8, 4) is 17.6 Å². The number of anilines is 2. The quantitative estimate of drug-likeness (QED) is 0.466. The standard InChI is InChI=1S/C22H13F3N6O3/c23-22(24,25)16-7-6-14-18(29-12-8-9-28-17(10-12)34-21(27)33)15(11-26)20(32)31(19(14)30-16)13-4-2-1-3-5-13/h1-10H,(H2,27,33)(H,28,29). The van der Waals surface area contributed by atoms with E-state index in [1.165, 1.54) is 30.5 Å². The Bertz CT molecular complexity index is 1510. The van der Waals surface area contributed by atoms with E-state index in [0.717, 1.165) is 16.7 Å². The summed E-state index contributed by atoms with van der Waals surface area (Å²) in [5, 5.41) is 12.7. The molecule has 0 fully saturated rings. The molecule has 0 atom stereocenters. The average Bonchev–Trinajstić information content (AvgIpc) is 2.79. The molecule has 0 aliphatic heterocycles. The van der Waals surface area contributed by atoms with Crippen LogP contribution in [-0.2, 0) is 6.18 Å². The fourth-order valence-corrected chi connectivity index (χ4v) is 3.26. The normalized spacial score (nSPS) is 11.1. The van der Waals surface area contributed by atoms with Gasteiger partial charge in [-0.3, -0.25) is 9.36 Å². The number of hydrogen-bond acceptors (Lipinski definition) is 7. The zero-order valence-corrected chi connectivity index (χ0v) is 17.0. The molecule has 0 saturated carbocycles. The number of primary amides is 1. The summed E-state index contributed by atoms with van der Waals surface area (Å²) in [5.41, 5.74) is 2.59. The first-order valence-corrected chi connectivity index (χ1v) is 9.52. The highest BCUT2D eigenvalue weighted by molar-refractivity contribution is 5.95. The molecule has 9 nitrogen and oxygen atoms in total. The SMILES string of the molecule is N#Cc1c(Nc2ccnc(OC(N)=O)c2)c2ccc(C(F)(F)F)nc2n(-c2ccccc2)c1=O. The molecule has 1 amide bonds. The van der Waals surface area contributed by atoms with Gasteiger partial charge in [-0.15, -0.1) is 0 Å². The minimum absolute atomic E-state index is 0.0715. The molecular weight excluding hydrogens is 453 g/mol. The van der Waals surface area contributed by atoms with Crippen LogP contribution in [-0.4, -0.2) is 20.6 Å². The molecule has 1 aromatic carbocycles. The third kappa shape index (κ3) is 4.22. The van der Waals surface area contributed by atoms with Gasteiger partial charge in [0.2, 0.25) is 5.88 Å². The predicted octanol–water partition coefficient (Wildman–Crippen LogP) is 3.87. The highest BCUT2D eigenvalue weighted by Crippen LogP contribution is 2.33. The second-order valence-corrected chi connectivity index (χ2v) is 6.83. The Balaban J connectivity index is 2.01. The van der Waals surface area contributed by atoms with Gasteiger partial charge < -0.3 is 15.8 Å². The van der Waals surface area contributed by atoms with Crippen LogP contribution in [0.15, 0.2) is 65.6 Å². The van der Waals surface area contributed by atoms with Gasteiger partial charge in [0.15, 0.2) is 0 Å². The summed E-state index contributed by atoms with van der Waals surface area (Å²) in [6.07, 6.45) is -4.61. The van der Waals surface area contributed by atoms with Crippen molar-refractivity contribution in [3.63, 3.8) is 0 Å². The Morgan fingerprint density at radius 1 is 1.15 bits per heavy atom. The van der Waals surface area contributed by atoms with E-state index in [1.807, 2.05) is 6.07 Å². The number of alkyl halides is 3. The van der Waals surface area contributed by atoms with Crippen LogP contribution in [0.5, 0.6) is 5.88 Å². The molecule has 3 heterocycles. The summed E-state index contributed by atoms with van der Waals surface area (Å²) in [7, 11) is 0. The molecule has 4 aromatic rings. The van der Waals surface area contributed by atoms with E-state index in [1.54, 1.807) is 18.2 Å². The van der Waals surface area contributed by atoms with Gasteiger partial charge in [-0.25, -0.2) is 14.8 Å². The maximum Gasteiger partial charge on any atom is 0.433 e. The fraction of sp³-hybridized carbons (Fsp3) is 0.0455. The van der Waals surface area contributed by atoms with Crippen molar-refractivity contribution >= 4 is 28.5 Å². The number of para-hydroxylation sites is 1. The molecule has 0 bridgehead atoms. The Morgan fingerprint density at radius 3 is 2.53 bits per heavy atom. The number of ether oxygens (including phenoxy) is 1. The van der Waals surface area contributed by atoms with E-state index in [0.29, 0.717) is 0 Å². The van der Waals surface area contributed by atoms with Crippen molar-refractivity contribution in [2.24, 2.45) is 5.73 Å². The van der Waals surface area contributed by atoms with Crippen molar-refractivity contribution < 1.29 is 22.7 Å². The van der Waals surface area contributed by atoms with Crippen LogP contribution in [0.4, 0.5) is 29.3 Å². The van der Waals surface area contributed by atoms with Crippen LogP contribution in [0.3, 0.4) is 0 Å². The number of carbonyl (C=O) groups excluding carboxylic acids is 1. The maximum absolute atomic E-state index is 13.4. The minimum atomic E-state index is -4.76. The number of amides is 1. The lowest BCUT2D eigenvalue weighted by Crippen LogP contribution is -2.24. The van der Waals surface area contributed by atoms with Gasteiger partial charge in [0.25, 0.3) is 5.56 Å². The van der Waals surface area contributed by atoms with Gasteiger partial charge in [-0.05, 0) is 30.3 Å². The van der Waals surface area contributed by atoms with Crippen LogP contribution >= 0.6 is 0 Å². The molecule has 0 aliphatic rings. The smallest absolute Gasteiger partial charge is 0.391 e. The number of nitriles is 1. The average molecular weight is 466 g/mol. The molecule has 0 unspecified atom stereocenters. The number of pyridine rings is 3. The zero-order chi connectivity index (χ0) is 24.5. The number of nitrogens with one attached hydrogen (secondary N) is 1. The first kappa shape index (κ1) is 22.3. The number of benzene rings is 1. The van der Waals surface area contributed by atoms with E-state index in [-0.39, 0.29) is 39.5 Å². The molecule has 4 rings (SSSR count). The molecule has 3 aromatic heterocycles. The van der Waals surface area contributed by atoms with Crippen LogP contribution in [0, 0.1) is 11.3 Å². The molecule has 0 aliphatic carbocycles. The number of nitrogens with two attached hydrogens (primary N) is 1. The van der Waals surface area contributed by atoms with Gasteiger partial charge in [-0.2, -0.15) is 18.4 Å². The summed E-state index contributed by atoms with van der Waals surface area (Å²) in [5.74, 6) is -0.171. The van der Waals surface area contributed by atoms with Crippen LogP contribution < -0.4 is 21.3 Å². The summed E-state index contributed by atoms with van der Waals surface area (Å²) < 4.78 is 45.9. The minimum Gasteiger partial charge on any atom is -0.391 e. The molecule has 170 valence electrons. The third-order valence-corrected chi connectivity index (χ3v) is 4.65. The van der Waals surface area contributed by atoms with Gasteiger partial charge in [0.1, 0.15) is 23.0 Å². The van der Waals surface area contributed by atoms with Gasteiger partial charge >= 0.3 is 12.3 Å².